The molecule has 0 bridgehead atoms. The van der Waals surface area contributed by atoms with Gasteiger partial charge in [-0.15, -0.1) is 11.8 Å². The number of hydrogen-bond acceptors (Lipinski definition) is 3. The summed E-state index contributed by atoms with van der Waals surface area (Å²) in [5, 5.41) is 0.518. The van der Waals surface area contributed by atoms with Crippen molar-refractivity contribution in [2.45, 2.75) is 42.2 Å². The first-order valence-corrected chi connectivity index (χ1v) is 8.73. The van der Waals surface area contributed by atoms with Crippen LogP contribution < -0.4 is 0 Å². The SMILES string of the molecule is Cc1ccc(SC(=O)CC(C)Sc2ccc(C)cc2)cc1. The zero-order valence-corrected chi connectivity index (χ0v) is 14.3. The van der Waals surface area contributed by atoms with Crippen LogP contribution in [0.2, 0.25) is 0 Å². The Morgan fingerprint density at radius 2 is 1.38 bits per heavy atom. The Hall–Kier alpha value is -1.19. The predicted molar refractivity (Wildman–Crippen MR) is 93.2 cm³/mol. The fourth-order valence-corrected chi connectivity index (χ4v) is 3.87. The Kier molecular flexibility index (Phi) is 5.95. The molecule has 0 amide bonds. The first kappa shape index (κ1) is 16.2. The Morgan fingerprint density at radius 1 is 0.905 bits per heavy atom. The summed E-state index contributed by atoms with van der Waals surface area (Å²) in [4.78, 5) is 14.4. The van der Waals surface area contributed by atoms with Gasteiger partial charge in [-0.25, -0.2) is 0 Å². The van der Waals surface area contributed by atoms with Crippen molar-refractivity contribution in [1.82, 2.24) is 0 Å². The smallest absolute Gasteiger partial charge is 0.194 e. The summed E-state index contributed by atoms with van der Waals surface area (Å²) in [7, 11) is 0. The van der Waals surface area contributed by atoms with Crippen LogP contribution in [-0.2, 0) is 4.79 Å². The monoisotopic (exact) mass is 316 g/mol. The Labute approximate surface area is 135 Å². The van der Waals surface area contributed by atoms with Crippen molar-refractivity contribution in [1.29, 1.82) is 0 Å². The van der Waals surface area contributed by atoms with E-state index in [4.69, 9.17) is 0 Å². The van der Waals surface area contributed by atoms with Gasteiger partial charge in [-0.3, -0.25) is 4.79 Å². The lowest BCUT2D eigenvalue weighted by atomic mass is 10.2. The maximum Gasteiger partial charge on any atom is 0.194 e. The molecule has 0 N–H and O–H groups in total. The van der Waals surface area contributed by atoms with Gasteiger partial charge in [-0.1, -0.05) is 54.1 Å². The van der Waals surface area contributed by atoms with Gasteiger partial charge < -0.3 is 0 Å². The summed E-state index contributed by atoms with van der Waals surface area (Å²) in [6.07, 6.45) is 0.580. The number of rotatable bonds is 5. The standard InChI is InChI=1S/C18H20OS2/c1-13-4-8-16(9-5-13)20-15(3)12-18(19)21-17-10-6-14(2)7-11-17/h4-11,15H,12H2,1-3H3. The molecule has 0 spiro atoms. The van der Waals surface area contributed by atoms with Gasteiger partial charge in [-0.2, -0.15) is 0 Å². The summed E-state index contributed by atoms with van der Waals surface area (Å²) in [6.45, 7) is 6.24. The van der Waals surface area contributed by atoms with Crippen LogP contribution in [-0.4, -0.2) is 10.4 Å². The van der Waals surface area contributed by atoms with Crippen molar-refractivity contribution in [3.63, 3.8) is 0 Å². The summed E-state index contributed by atoms with van der Waals surface area (Å²) in [6, 6.07) is 16.6. The van der Waals surface area contributed by atoms with Gasteiger partial charge in [0.05, 0.1) is 0 Å². The minimum absolute atomic E-state index is 0.228. The lowest BCUT2D eigenvalue weighted by Gasteiger charge is -2.10. The van der Waals surface area contributed by atoms with Crippen molar-refractivity contribution < 1.29 is 4.79 Å². The molecule has 21 heavy (non-hydrogen) atoms. The molecular weight excluding hydrogens is 296 g/mol. The molecule has 0 saturated carbocycles. The largest absolute Gasteiger partial charge is 0.287 e. The molecule has 2 aromatic carbocycles. The van der Waals surface area contributed by atoms with Gasteiger partial charge in [-0.05, 0) is 38.1 Å². The molecule has 0 heterocycles. The lowest BCUT2D eigenvalue weighted by Crippen LogP contribution is -2.03. The molecule has 1 unspecified atom stereocenters. The van der Waals surface area contributed by atoms with Gasteiger partial charge in [0, 0.05) is 21.5 Å². The van der Waals surface area contributed by atoms with Crippen LogP contribution in [0.4, 0.5) is 0 Å². The molecule has 110 valence electrons. The van der Waals surface area contributed by atoms with Crippen molar-refractivity contribution in [2.24, 2.45) is 0 Å². The van der Waals surface area contributed by atoms with Crippen LogP contribution in [0.25, 0.3) is 0 Å². The second-order valence-electron chi connectivity index (χ2n) is 5.23. The maximum absolute atomic E-state index is 12.1. The minimum atomic E-state index is 0.228. The van der Waals surface area contributed by atoms with E-state index in [1.807, 2.05) is 24.3 Å². The normalized spacial score (nSPS) is 12.1. The highest BCUT2D eigenvalue weighted by Crippen LogP contribution is 2.28. The Morgan fingerprint density at radius 3 is 1.90 bits per heavy atom. The number of hydrogen-bond donors (Lipinski definition) is 0. The van der Waals surface area contributed by atoms with Gasteiger partial charge in [0.2, 0.25) is 0 Å². The average Bonchev–Trinajstić information content (AvgIpc) is 2.44. The van der Waals surface area contributed by atoms with Gasteiger partial charge in [0.1, 0.15) is 0 Å². The fourth-order valence-electron chi connectivity index (χ4n) is 1.90. The van der Waals surface area contributed by atoms with E-state index in [1.54, 1.807) is 11.8 Å². The number of aryl methyl sites for hydroxylation is 2. The molecule has 1 nitrogen and oxygen atoms in total. The molecule has 0 aliphatic rings. The molecule has 0 aromatic heterocycles. The maximum atomic E-state index is 12.1. The summed E-state index contributed by atoms with van der Waals surface area (Å²) >= 11 is 3.10. The number of thioether (sulfide) groups is 2. The Bertz CT molecular complexity index is 588. The summed E-state index contributed by atoms with van der Waals surface area (Å²) in [5.74, 6) is 0. The van der Waals surface area contributed by atoms with E-state index in [1.165, 1.54) is 27.8 Å². The van der Waals surface area contributed by atoms with Crippen LogP contribution >= 0.6 is 23.5 Å². The van der Waals surface area contributed by atoms with E-state index in [2.05, 4.69) is 45.0 Å². The molecule has 0 fully saturated rings. The first-order chi connectivity index (χ1) is 10.0. The van der Waals surface area contributed by atoms with Crippen LogP contribution in [0.3, 0.4) is 0 Å². The molecule has 0 aliphatic carbocycles. The lowest BCUT2D eigenvalue weighted by molar-refractivity contribution is -0.110. The fraction of sp³-hybridized carbons (Fsp3) is 0.278. The third kappa shape index (κ3) is 5.60. The number of benzene rings is 2. The van der Waals surface area contributed by atoms with Crippen molar-refractivity contribution >= 4 is 28.6 Å². The van der Waals surface area contributed by atoms with Crippen LogP contribution in [0.1, 0.15) is 24.5 Å². The van der Waals surface area contributed by atoms with Crippen molar-refractivity contribution in [2.75, 3.05) is 0 Å². The zero-order valence-electron chi connectivity index (χ0n) is 12.6. The highest BCUT2D eigenvalue weighted by atomic mass is 32.2. The van der Waals surface area contributed by atoms with Crippen LogP contribution in [0.15, 0.2) is 58.3 Å². The van der Waals surface area contributed by atoms with E-state index < -0.39 is 0 Å². The minimum Gasteiger partial charge on any atom is -0.287 e. The molecule has 0 aliphatic heterocycles. The van der Waals surface area contributed by atoms with Crippen LogP contribution in [0, 0.1) is 13.8 Å². The highest BCUT2D eigenvalue weighted by Gasteiger charge is 2.12. The zero-order chi connectivity index (χ0) is 15.2. The molecule has 1 atom stereocenters. The molecule has 2 rings (SSSR count). The first-order valence-electron chi connectivity index (χ1n) is 7.03. The van der Waals surface area contributed by atoms with E-state index in [-0.39, 0.29) is 10.4 Å². The Balaban J connectivity index is 1.84. The van der Waals surface area contributed by atoms with Gasteiger partial charge in [0.25, 0.3) is 0 Å². The quantitative estimate of drug-likeness (QED) is 0.679. The summed E-state index contributed by atoms with van der Waals surface area (Å²) < 4.78 is 0. The highest BCUT2D eigenvalue weighted by molar-refractivity contribution is 8.13. The van der Waals surface area contributed by atoms with Crippen LogP contribution in [0.5, 0.6) is 0 Å². The second kappa shape index (κ2) is 7.71. The topological polar surface area (TPSA) is 17.1 Å². The second-order valence-corrected chi connectivity index (χ2v) is 7.88. The molecule has 2 aromatic rings. The number of carbonyl (C=O) groups is 1. The van der Waals surface area contributed by atoms with E-state index >= 15 is 0 Å². The molecule has 0 radical (unpaired) electrons. The molecule has 0 saturated heterocycles. The van der Waals surface area contributed by atoms with Gasteiger partial charge in [0.15, 0.2) is 5.12 Å². The summed E-state index contributed by atoms with van der Waals surface area (Å²) in [5.41, 5.74) is 2.48. The third-order valence-electron chi connectivity index (χ3n) is 3.07. The number of carbonyl (C=O) groups excluding carboxylic acids is 1. The average molecular weight is 316 g/mol. The molecular formula is C18H20OS2. The van der Waals surface area contributed by atoms with E-state index in [0.717, 1.165) is 4.90 Å². The van der Waals surface area contributed by atoms with E-state index in [9.17, 15) is 4.79 Å². The molecule has 3 heteroatoms. The van der Waals surface area contributed by atoms with E-state index in [0.29, 0.717) is 6.42 Å². The van der Waals surface area contributed by atoms with Crippen molar-refractivity contribution in [3.8, 4) is 0 Å². The van der Waals surface area contributed by atoms with Gasteiger partial charge >= 0.3 is 0 Å². The van der Waals surface area contributed by atoms with Crippen molar-refractivity contribution in [3.05, 3.63) is 59.7 Å². The predicted octanol–water partition coefficient (Wildman–Crippen LogP) is 5.49. The third-order valence-corrected chi connectivity index (χ3v) is 5.08.